The number of hydrogen-bond acceptors (Lipinski definition) is 3. The molecule has 0 amide bonds. The number of hydrogen-bond donors (Lipinski definition) is 0. The van der Waals surface area contributed by atoms with Crippen LogP contribution in [0.1, 0.15) is 0 Å². The van der Waals surface area contributed by atoms with Crippen LogP contribution in [0, 0.1) is 0 Å². The monoisotopic (exact) mass is 318 g/mol. The molecule has 0 spiro atoms. The molecule has 0 bridgehead atoms. The van der Waals surface area contributed by atoms with Crippen molar-refractivity contribution in [3.05, 3.63) is 72.8 Å². The fourth-order valence-electron chi connectivity index (χ4n) is 2.02. The van der Waals surface area contributed by atoms with E-state index in [9.17, 15) is 4.57 Å². The highest BCUT2D eigenvalue weighted by Crippen LogP contribution is 2.54. The Hall–Kier alpha value is -1.96. The van der Waals surface area contributed by atoms with Crippen LogP contribution in [-0.2, 0) is 4.57 Å². The third kappa shape index (κ3) is 3.38. The molecule has 0 fully saturated rings. The fourth-order valence-corrected chi connectivity index (χ4v) is 3.29. The molecule has 3 aromatic rings. The smallest absolute Gasteiger partial charge is 0.405 e. The summed E-state index contributed by atoms with van der Waals surface area (Å²) in [5.41, 5.74) is 0. The Labute approximate surface area is 127 Å². The van der Waals surface area contributed by atoms with Crippen LogP contribution >= 0.6 is 18.2 Å². The first-order chi connectivity index (χ1) is 10.1. The lowest BCUT2D eigenvalue weighted by atomic mass is 10.1. The zero-order valence-corrected chi connectivity index (χ0v) is 12.6. The minimum Gasteiger partial charge on any atom is -0.405 e. The summed E-state index contributed by atoms with van der Waals surface area (Å²) < 4.78 is 23.0. The van der Waals surface area contributed by atoms with Crippen molar-refractivity contribution in [1.82, 2.24) is 0 Å². The van der Waals surface area contributed by atoms with Crippen LogP contribution in [0.4, 0.5) is 0 Å². The summed E-state index contributed by atoms with van der Waals surface area (Å²) in [7, 11) is 0. The zero-order valence-electron chi connectivity index (χ0n) is 11.0. The second-order valence-corrected chi connectivity index (χ2v) is 6.87. The predicted octanol–water partition coefficient (Wildman–Crippen LogP) is 5.64. The predicted molar refractivity (Wildman–Crippen MR) is 85.1 cm³/mol. The number of halogens is 1. The third-order valence-corrected chi connectivity index (χ3v) is 4.17. The highest BCUT2D eigenvalue weighted by Gasteiger charge is 2.25. The van der Waals surface area contributed by atoms with Gasteiger partial charge in [-0.1, -0.05) is 54.6 Å². The molecular formula is C16H12ClO3P. The second kappa shape index (κ2) is 5.80. The van der Waals surface area contributed by atoms with Gasteiger partial charge in [0.05, 0.1) is 0 Å². The number of fused-ring (bicyclic) bond motifs is 1. The molecule has 1 unspecified atom stereocenters. The van der Waals surface area contributed by atoms with Crippen molar-refractivity contribution in [3.63, 3.8) is 0 Å². The zero-order chi connectivity index (χ0) is 14.7. The van der Waals surface area contributed by atoms with Crippen molar-refractivity contribution in [2.45, 2.75) is 0 Å². The van der Waals surface area contributed by atoms with E-state index < -0.39 is 6.95 Å². The summed E-state index contributed by atoms with van der Waals surface area (Å²) in [6.45, 7) is -3.77. The summed E-state index contributed by atoms with van der Waals surface area (Å²) >= 11 is 5.92. The van der Waals surface area contributed by atoms with E-state index in [4.69, 9.17) is 20.3 Å². The molecule has 21 heavy (non-hydrogen) atoms. The average molecular weight is 319 g/mol. The Morgan fingerprint density at radius 1 is 0.762 bits per heavy atom. The van der Waals surface area contributed by atoms with E-state index in [-0.39, 0.29) is 0 Å². The lowest BCUT2D eigenvalue weighted by Gasteiger charge is -2.15. The molecular weight excluding hydrogens is 307 g/mol. The van der Waals surface area contributed by atoms with Crippen molar-refractivity contribution < 1.29 is 13.6 Å². The summed E-state index contributed by atoms with van der Waals surface area (Å²) in [5.74, 6) is 0.832. The van der Waals surface area contributed by atoms with Crippen LogP contribution < -0.4 is 9.05 Å². The van der Waals surface area contributed by atoms with Gasteiger partial charge in [0.1, 0.15) is 11.5 Å². The Kier molecular flexibility index (Phi) is 3.87. The molecule has 5 heteroatoms. The molecule has 0 radical (unpaired) electrons. The summed E-state index contributed by atoms with van der Waals surface area (Å²) in [5, 5.41) is 1.81. The van der Waals surface area contributed by atoms with Gasteiger partial charge in [-0.15, -0.1) is 0 Å². The van der Waals surface area contributed by atoms with Crippen LogP contribution in [0.3, 0.4) is 0 Å². The first kappa shape index (κ1) is 14.0. The van der Waals surface area contributed by atoms with Crippen molar-refractivity contribution in [2.75, 3.05) is 0 Å². The van der Waals surface area contributed by atoms with E-state index in [0.717, 1.165) is 10.8 Å². The number of benzene rings is 3. The first-order valence-corrected chi connectivity index (χ1v) is 8.80. The van der Waals surface area contributed by atoms with Gasteiger partial charge in [-0.05, 0) is 23.6 Å². The van der Waals surface area contributed by atoms with Gasteiger partial charge in [-0.3, -0.25) is 0 Å². The van der Waals surface area contributed by atoms with Gasteiger partial charge in [-0.25, -0.2) is 4.57 Å². The van der Waals surface area contributed by atoms with E-state index in [1.54, 1.807) is 30.3 Å². The lowest BCUT2D eigenvalue weighted by Crippen LogP contribution is -1.95. The molecule has 0 aromatic heterocycles. The normalized spacial score (nSPS) is 13.6. The van der Waals surface area contributed by atoms with Crippen LogP contribution in [0.15, 0.2) is 72.8 Å². The molecule has 0 N–H and O–H groups in total. The third-order valence-electron chi connectivity index (χ3n) is 2.91. The van der Waals surface area contributed by atoms with E-state index in [1.165, 1.54) is 0 Å². The standard InChI is InChI=1S/C16H12ClO3P/c17-21(18,19-14-9-2-1-3-10-14)20-16-12-6-8-13-7-4-5-11-15(13)16/h1-12H. The van der Waals surface area contributed by atoms with Gasteiger partial charge in [0.2, 0.25) is 0 Å². The summed E-state index contributed by atoms with van der Waals surface area (Å²) in [6.07, 6.45) is 0. The quantitative estimate of drug-likeness (QED) is 0.583. The van der Waals surface area contributed by atoms with Gasteiger partial charge in [-0.2, -0.15) is 0 Å². The van der Waals surface area contributed by atoms with Crippen molar-refractivity contribution in [2.24, 2.45) is 0 Å². The molecule has 0 aliphatic rings. The number of rotatable bonds is 4. The van der Waals surface area contributed by atoms with E-state index in [0.29, 0.717) is 11.5 Å². The van der Waals surface area contributed by atoms with E-state index in [2.05, 4.69) is 0 Å². The van der Waals surface area contributed by atoms with Gasteiger partial charge in [0.25, 0.3) is 0 Å². The molecule has 3 rings (SSSR count). The van der Waals surface area contributed by atoms with Gasteiger partial charge >= 0.3 is 6.95 Å². The Balaban J connectivity index is 1.89. The van der Waals surface area contributed by atoms with E-state index >= 15 is 0 Å². The Morgan fingerprint density at radius 2 is 1.43 bits per heavy atom. The molecule has 0 aliphatic carbocycles. The molecule has 0 aliphatic heterocycles. The maximum Gasteiger partial charge on any atom is 0.530 e. The SMILES string of the molecule is O=P(Cl)(Oc1ccccc1)Oc1cccc2ccccc12. The molecule has 0 saturated heterocycles. The van der Waals surface area contributed by atoms with Crippen LogP contribution in [0.25, 0.3) is 10.8 Å². The summed E-state index contributed by atoms with van der Waals surface area (Å²) in [4.78, 5) is 0. The molecule has 0 saturated carbocycles. The molecule has 0 heterocycles. The minimum atomic E-state index is -3.77. The van der Waals surface area contributed by atoms with E-state index in [1.807, 2.05) is 42.5 Å². The van der Waals surface area contributed by atoms with Crippen LogP contribution in [0.2, 0.25) is 0 Å². The summed E-state index contributed by atoms with van der Waals surface area (Å²) in [6, 6.07) is 21.8. The Morgan fingerprint density at radius 3 is 2.24 bits per heavy atom. The van der Waals surface area contributed by atoms with Crippen molar-refractivity contribution in [1.29, 1.82) is 0 Å². The number of para-hydroxylation sites is 1. The molecule has 3 aromatic carbocycles. The largest absolute Gasteiger partial charge is 0.530 e. The minimum absolute atomic E-state index is 0.399. The van der Waals surface area contributed by atoms with Gasteiger partial charge < -0.3 is 9.05 Å². The Bertz CT molecular complexity index is 799. The van der Waals surface area contributed by atoms with Crippen molar-refractivity contribution in [3.8, 4) is 11.5 Å². The van der Waals surface area contributed by atoms with Crippen LogP contribution in [0.5, 0.6) is 11.5 Å². The molecule has 106 valence electrons. The highest BCUT2D eigenvalue weighted by atomic mass is 35.7. The lowest BCUT2D eigenvalue weighted by molar-refractivity contribution is 0.408. The van der Waals surface area contributed by atoms with Crippen molar-refractivity contribution >= 4 is 29.0 Å². The highest BCUT2D eigenvalue weighted by molar-refractivity contribution is 7.82. The second-order valence-electron chi connectivity index (χ2n) is 4.40. The maximum atomic E-state index is 12.3. The van der Waals surface area contributed by atoms with Gasteiger partial charge in [0.15, 0.2) is 0 Å². The van der Waals surface area contributed by atoms with Crippen LogP contribution in [-0.4, -0.2) is 0 Å². The maximum absolute atomic E-state index is 12.3. The average Bonchev–Trinajstić information content (AvgIpc) is 2.48. The fraction of sp³-hybridized carbons (Fsp3) is 0. The first-order valence-electron chi connectivity index (χ1n) is 6.36. The van der Waals surface area contributed by atoms with Gasteiger partial charge in [0, 0.05) is 16.6 Å². The topological polar surface area (TPSA) is 35.5 Å². The molecule has 3 nitrogen and oxygen atoms in total. The molecule has 1 atom stereocenters.